The Labute approximate surface area is 165 Å². The SMILES string of the molecule is O=C(O)CCCC=CCN1C(=O)CCC1COC(=O)NCCc1ccccc1. The number of carboxylic acid groups (broad SMARTS) is 1. The summed E-state index contributed by atoms with van der Waals surface area (Å²) in [6.07, 6.45) is 6.54. The minimum Gasteiger partial charge on any atom is -0.481 e. The number of ether oxygens (including phenoxy) is 1. The average Bonchev–Trinajstić information content (AvgIpc) is 3.03. The summed E-state index contributed by atoms with van der Waals surface area (Å²) in [6.45, 7) is 1.13. The largest absolute Gasteiger partial charge is 0.481 e. The van der Waals surface area contributed by atoms with Crippen LogP contribution in [0.5, 0.6) is 0 Å². The number of allylic oxidation sites excluding steroid dienone is 1. The molecular weight excluding hydrogens is 360 g/mol. The molecule has 7 heteroatoms. The van der Waals surface area contributed by atoms with Gasteiger partial charge in [0.1, 0.15) is 6.61 Å². The second kappa shape index (κ2) is 11.8. The lowest BCUT2D eigenvalue weighted by molar-refractivity contribution is -0.137. The number of hydrogen-bond acceptors (Lipinski definition) is 4. The standard InChI is InChI=1S/C21H28N2O5/c24-19-12-11-18(23(19)15-7-2-1-6-10-20(25)26)16-28-21(27)22-14-13-17-8-4-3-5-9-17/h2-5,7-9,18H,1,6,10-16H2,(H,22,27)(H,25,26). The summed E-state index contributed by atoms with van der Waals surface area (Å²) in [4.78, 5) is 36.1. The molecule has 1 aliphatic heterocycles. The zero-order chi connectivity index (χ0) is 20.2. The number of carbonyl (C=O) groups excluding carboxylic acids is 2. The van der Waals surface area contributed by atoms with Crippen LogP contribution in [0.15, 0.2) is 42.5 Å². The number of amides is 2. The van der Waals surface area contributed by atoms with Crippen LogP contribution in [-0.2, 0) is 20.7 Å². The highest BCUT2D eigenvalue weighted by atomic mass is 16.5. The third kappa shape index (κ3) is 7.82. The molecular formula is C21H28N2O5. The van der Waals surface area contributed by atoms with Gasteiger partial charge in [0.25, 0.3) is 0 Å². The Morgan fingerprint density at radius 3 is 2.79 bits per heavy atom. The maximum absolute atomic E-state index is 12.0. The van der Waals surface area contributed by atoms with Crippen molar-refractivity contribution in [1.82, 2.24) is 10.2 Å². The van der Waals surface area contributed by atoms with Gasteiger partial charge in [-0.15, -0.1) is 0 Å². The summed E-state index contributed by atoms with van der Waals surface area (Å²) < 4.78 is 5.28. The first kappa shape index (κ1) is 21.5. The third-order valence-corrected chi connectivity index (χ3v) is 4.62. The van der Waals surface area contributed by atoms with Gasteiger partial charge in [-0.25, -0.2) is 4.79 Å². The van der Waals surface area contributed by atoms with Crippen LogP contribution in [0.25, 0.3) is 0 Å². The van der Waals surface area contributed by atoms with Crippen molar-refractivity contribution in [3.63, 3.8) is 0 Å². The molecule has 0 aliphatic carbocycles. The topological polar surface area (TPSA) is 95.9 Å². The molecule has 2 rings (SSSR count). The molecule has 0 bridgehead atoms. The predicted octanol–water partition coefficient (Wildman–Crippen LogP) is 2.76. The molecule has 7 nitrogen and oxygen atoms in total. The maximum atomic E-state index is 12.0. The smallest absolute Gasteiger partial charge is 0.407 e. The first-order valence-electron chi connectivity index (χ1n) is 9.67. The summed E-state index contributed by atoms with van der Waals surface area (Å²) in [6, 6.07) is 9.76. The number of carbonyl (C=O) groups is 3. The van der Waals surface area contributed by atoms with Crippen LogP contribution >= 0.6 is 0 Å². The minimum atomic E-state index is -0.803. The van der Waals surface area contributed by atoms with E-state index in [4.69, 9.17) is 9.84 Å². The highest BCUT2D eigenvalue weighted by molar-refractivity contribution is 5.79. The van der Waals surface area contributed by atoms with Crippen molar-refractivity contribution < 1.29 is 24.2 Å². The Hall–Kier alpha value is -2.83. The van der Waals surface area contributed by atoms with E-state index >= 15 is 0 Å². The molecule has 152 valence electrons. The van der Waals surface area contributed by atoms with E-state index in [1.807, 2.05) is 42.5 Å². The molecule has 1 saturated heterocycles. The predicted molar refractivity (Wildman–Crippen MR) is 105 cm³/mol. The second-order valence-electron chi connectivity index (χ2n) is 6.76. The number of hydrogen-bond donors (Lipinski definition) is 2. The number of alkyl carbamates (subject to hydrolysis) is 1. The number of carboxylic acids is 1. The quantitative estimate of drug-likeness (QED) is 0.449. The van der Waals surface area contributed by atoms with E-state index in [2.05, 4.69) is 5.32 Å². The number of nitrogens with one attached hydrogen (secondary N) is 1. The Kier molecular flexibility index (Phi) is 9.04. The number of rotatable bonds is 11. The molecule has 1 aromatic carbocycles. The van der Waals surface area contributed by atoms with Crippen molar-refractivity contribution in [2.45, 2.75) is 44.6 Å². The van der Waals surface area contributed by atoms with E-state index in [1.54, 1.807) is 4.90 Å². The first-order chi connectivity index (χ1) is 13.6. The van der Waals surface area contributed by atoms with E-state index in [0.29, 0.717) is 38.8 Å². The Morgan fingerprint density at radius 1 is 1.25 bits per heavy atom. The summed E-state index contributed by atoms with van der Waals surface area (Å²) >= 11 is 0. The van der Waals surface area contributed by atoms with E-state index in [9.17, 15) is 14.4 Å². The molecule has 1 fully saturated rings. The van der Waals surface area contributed by atoms with Crippen LogP contribution in [0.3, 0.4) is 0 Å². The van der Waals surface area contributed by atoms with Crippen molar-refractivity contribution in [1.29, 1.82) is 0 Å². The van der Waals surface area contributed by atoms with Crippen LogP contribution in [0.1, 0.15) is 37.7 Å². The summed E-state index contributed by atoms with van der Waals surface area (Å²) in [7, 11) is 0. The zero-order valence-electron chi connectivity index (χ0n) is 16.0. The van der Waals surface area contributed by atoms with Gasteiger partial charge in [-0.1, -0.05) is 42.5 Å². The lowest BCUT2D eigenvalue weighted by Crippen LogP contribution is -2.38. The Balaban J connectivity index is 1.65. The Bertz CT molecular complexity index is 675. The van der Waals surface area contributed by atoms with E-state index in [-0.39, 0.29) is 25.0 Å². The number of unbranched alkanes of at least 4 members (excludes halogenated alkanes) is 1. The van der Waals surface area contributed by atoms with Crippen LogP contribution in [0.4, 0.5) is 4.79 Å². The van der Waals surface area contributed by atoms with E-state index in [1.165, 1.54) is 0 Å². The number of likely N-dealkylation sites (tertiary alicyclic amines) is 1. The first-order valence-corrected chi connectivity index (χ1v) is 9.67. The van der Waals surface area contributed by atoms with Crippen molar-refractivity contribution in [3.05, 3.63) is 48.0 Å². The molecule has 0 aromatic heterocycles. The molecule has 0 radical (unpaired) electrons. The van der Waals surface area contributed by atoms with Crippen molar-refractivity contribution >= 4 is 18.0 Å². The molecule has 1 unspecified atom stereocenters. The molecule has 28 heavy (non-hydrogen) atoms. The summed E-state index contributed by atoms with van der Waals surface area (Å²) in [5.74, 6) is -0.754. The molecule has 0 saturated carbocycles. The van der Waals surface area contributed by atoms with Crippen LogP contribution < -0.4 is 5.32 Å². The lowest BCUT2D eigenvalue weighted by atomic mass is 10.1. The van der Waals surface area contributed by atoms with Gasteiger partial charge in [-0.3, -0.25) is 9.59 Å². The van der Waals surface area contributed by atoms with Gasteiger partial charge in [0.2, 0.25) is 5.91 Å². The van der Waals surface area contributed by atoms with Crippen LogP contribution in [0.2, 0.25) is 0 Å². The fourth-order valence-electron chi connectivity index (χ4n) is 3.07. The summed E-state index contributed by atoms with van der Waals surface area (Å²) in [5, 5.41) is 11.3. The van der Waals surface area contributed by atoms with Gasteiger partial charge in [-0.05, 0) is 31.2 Å². The Morgan fingerprint density at radius 2 is 2.04 bits per heavy atom. The molecule has 0 spiro atoms. The van der Waals surface area contributed by atoms with Gasteiger partial charge in [-0.2, -0.15) is 0 Å². The van der Waals surface area contributed by atoms with Gasteiger partial charge in [0, 0.05) is 25.9 Å². The van der Waals surface area contributed by atoms with Gasteiger partial charge < -0.3 is 20.1 Å². The highest BCUT2D eigenvalue weighted by Crippen LogP contribution is 2.19. The van der Waals surface area contributed by atoms with Crippen LogP contribution in [0, 0.1) is 0 Å². The van der Waals surface area contributed by atoms with Crippen LogP contribution in [-0.4, -0.2) is 53.7 Å². The molecule has 2 amide bonds. The lowest BCUT2D eigenvalue weighted by Gasteiger charge is -2.23. The molecule has 2 N–H and O–H groups in total. The number of benzene rings is 1. The maximum Gasteiger partial charge on any atom is 0.407 e. The summed E-state index contributed by atoms with van der Waals surface area (Å²) in [5.41, 5.74) is 1.14. The third-order valence-electron chi connectivity index (χ3n) is 4.62. The fourth-order valence-corrected chi connectivity index (χ4v) is 3.07. The van der Waals surface area contributed by atoms with Crippen molar-refractivity contribution in [2.75, 3.05) is 19.7 Å². The molecule has 1 aliphatic rings. The van der Waals surface area contributed by atoms with Gasteiger partial charge in [0.15, 0.2) is 0 Å². The second-order valence-corrected chi connectivity index (χ2v) is 6.76. The van der Waals surface area contributed by atoms with Gasteiger partial charge in [0.05, 0.1) is 6.04 Å². The zero-order valence-corrected chi connectivity index (χ0v) is 16.0. The van der Waals surface area contributed by atoms with E-state index < -0.39 is 12.1 Å². The van der Waals surface area contributed by atoms with Crippen molar-refractivity contribution in [2.24, 2.45) is 0 Å². The molecule has 1 heterocycles. The average molecular weight is 388 g/mol. The molecule has 1 aromatic rings. The highest BCUT2D eigenvalue weighted by Gasteiger charge is 2.30. The monoisotopic (exact) mass is 388 g/mol. The van der Waals surface area contributed by atoms with Crippen molar-refractivity contribution in [3.8, 4) is 0 Å². The molecule has 1 atom stereocenters. The number of nitrogens with zero attached hydrogens (tertiary/aromatic N) is 1. The minimum absolute atomic E-state index is 0.0493. The number of aliphatic carboxylic acids is 1. The fraction of sp³-hybridized carbons (Fsp3) is 0.476. The van der Waals surface area contributed by atoms with E-state index in [0.717, 1.165) is 12.0 Å². The normalized spacial score (nSPS) is 16.5. The van der Waals surface area contributed by atoms with Gasteiger partial charge >= 0.3 is 12.1 Å².